The molecule has 1 amide bonds. The van der Waals surface area contributed by atoms with Crippen molar-refractivity contribution in [2.45, 2.75) is 0 Å². The van der Waals surface area contributed by atoms with Gasteiger partial charge < -0.3 is 4.42 Å². The van der Waals surface area contributed by atoms with Crippen molar-refractivity contribution in [1.82, 2.24) is 10.2 Å². The average molecular weight is 419 g/mol. The molecule has 0 saturated heterocycles. The first-order chi connectivity index (χ1) is 10.5. The Morgan fingerprint density at radius 3 is 2.73 bits per heavy atom. The number of carbonyl (C=O) groups is 1. The van der Waals surface area contributed by atoms with Crippen LogP contribution in [0.3, 0.4) is 0 Å². The van der Waals surface area contributed by atoms with Gasteiger partial charge in [0.1, 0.15) is 0 Å². The number of hydrogen-bond acceptors (Lipinski definition) is 5. The third-order valence-electron chi connectivity index (χ3n) is 2.60. The number of aromatic nitrogens is 2. The zero-order valence-electron chi connectivity index (χ0n) is 10.6. The third-order valence-corrected chi connectivity index (χ3v) is 4.77. The van der Waals surface area contributed by atoms with Crippen LogP contribution >= 0.6 is 50.5 Å². The number of halogens is 3. The second kappa shape index (κ2) is 6.37. The molecular formula is C13H6BrCl2N3O2S. The summed E-state index contributed by atoms with van der Waals surface area (Å²) in [4.78, 5) is 12.5. The smallest absolute Gasteiger partial charge is 0.322 e. The van der Waals surface area contributed by atoms with Gasteiger partial charge in [-0.3, -0.25) is 10.1 Å². The summed E-state index contributed by atoms with van der Waals surface area (Å²) in [5.41, 5.74) is 0.540. The van der Waals surface area contributed by atoms with Crippen LogP contribution < -0.4 is 5.32 Å². The molecule has 5 nitrogen and oxygen atoms in total. The van der Waals surface area contributed by atoms with Crippen LogP contribution in [-0.4, -0.2) is 16.1 Å². The number of nitrogens with one attached hydrogen (secondary N) is 1. The number of thiophene rings is 1. The van der Waals surface area contributed by atoms with Gasteiger partial charge in [-0.05, 0) is 46.3 Å². The van der Waals surface area contributed by atoms with E-state index in [1.54, 1.807) is 30.3 Å². The van der Waals surface area contributed by atoms with Crippen LogP contribution in [0, 0.1) is 0 Å². The average Bonchev–Trinajstić information content (AvgIpc) is 3.08. The molecule has 3 rings (SSSR count). The summed E-state index contributed by atoms with van der Waals surface area (Å²) in [6.07, 6.45) is 0. The number of amides is 1. The lowest BCUT2D eigenvalue weighted by Gasteiger charge is -1.99. The molecule has 2 aromatic heterocycles. The first kappa shape index (κ1) is 15.5. The van der Waals surface area contributed by atoms with Crippen molar-refractivity contribution in [2.24, 2.45) is 0 Å². The van der Waals surface area contributed by atoms with E-state index >= 15 is 0 Å². The molecule has 0 aliphatic carbocycles. The predicted molar refractivity (Wildman–Crippen MR) is 89.7 cm³/mol. The molecule has 0 aliphatic heterocycles. The van der Waals surface area contributed by atoms with E-state index < -0.39 is 0 Å². The molecule has 0 bridgehead atoms. The van der Waals surface area contributed by atoms with E-state index in [1.807, 2.05) is 0 Å². The summed E-state index contributed by atoms with van der Waals surface area (Å²) in [6, 6.07) is 8.37. The molecule has 112 valence electrons. The van der Waals surface area contributed by atoms with Crippen LogP contribution in [-0.2, 0) is 0 Å². The highest BCUT2D eigenvalue weighted by molar-refractivity contribution is 9.11. The normalized spacial score (nSPS) is 10.7. The van der Waals surface area contributed by atoms with Crippen molar-refractivity contribution in [3.63, 3.8) is 0 Å². The maximum absolute atomic E-state index is 12.0. The van der Waals surface area contributed by atoms with Gasteiger partial charge in [-0.1, -0.05) is 28.3 Å². The monoisotopic (exact) mass is 417 g/mol. The van der Waals surface area contributed by atoms with Crippen molar-refractivity contribution in [2.75, 3.05) is 5.32 Å². The Kier molecular flexibility index (Phi) is 4.49. The second-order valence-corrected chi connectivity index (χ2v) is 7.40. The number of rotatable bonds is 3. The van der Waals surface area contributed by atoms with Crippen molar-refractivity contribution >= 4 is 62.4 Å². The Bertz CT molecular complexity index is 849. The van der Waals surface area contributed by atoms with Crippen molar-refractivity contribution in [1.29, 1.82) is 0 Å². The van der Waals surface area contributed by atoms with Crippen LogP contribution in [0.4, 0.5) is 6.01 Å². The topological polar surface area (TPSA) is 68.0 Å². The quantitative estimate of drug-likeness (QED) is 0.640. The van der Waals surface area contributed by atoms with Crippen molar-refractivity contribution < 1.29 is 9.21 Å². The first-order valence-electron chi connectivity index (χ1n) is 5.88. The number of carbonyl (C=O) groups excluding carboxylic acids is 1. The molecule has 1 aromatic carbocycles. The largest absolute Gasteiger partial charge is 0.403 e. The summed E-state index contributed by atoms with van der Waals surface area (Å²) in [7, 11) is 0. The highest BCUT2D eigenvalue weighted by Gasteiger charge is 2.15. The number of nitrogens with zero attached hydrogens (tertiary/aromatic N) is 2. The van der Waals surface area contributed by atoms with Gasteiger partial charge in [-0.25, -0.2) is 0 Å². The molecule has 0 aliphatic rings. The number of benzene rings is 1. The van der Waals surface area contributed by atoms with Gasteiger partial charge in [-0.15, -0.1) is 16.4 Å². The van der Waals surface area contributed by atoms with Gasteiger partial charge in [0.25, 0.3) is 11.8 Å². The Morgan fingerprint density at radius 2 is 2.05 bits per heavy atom. The van der Waals surface area contributed by atoms with E-state index in [1.165, 1.54) is 11.3 Å². The van der Waals surface area contributed by atoms with Gasteiger partial charge in [0.05, 0.1) is 19.2 Å². The molecule has 0 fully saturated rings. The van der Waals surface area contributed by atoms with Gasteiger partial charge in [-0.2, -0.15) is 0 Å². The molecule has 0 spiro atoms. The summed E-state index contributed by atoms with van der Waals surface area (Å²) in [6.45, 7) is 0. The fourth-order valence-electron chi connectivity index (χ4n) is 1.64. The molecule has 22 heavy (non-hydrogen) atoms. The molecular weight excluding hydrogens is 413 g/mol. The summed E-state index contributed by atoms with van der Waals surface area (Å²) < 4.78 is 6.26. The van der Waals surface area contributed by atoms with E-state index in [-0.39, 0.29) is 17.8 Å². The van der Waals surface area contributed by atoms with Gasteiger partial charge in [0.2, 0.25) is 0 Å². The molecule has 0 unspecified atom stereocenters. The van der Waals surface area contributed by atoms with E-state index in [2.05, 4.69) is 31.4 Å². The molecule has 0 radical (unpaired) electrons. The highest BCUT2D eigenvalue weighted by Crippen LogP contribution is 2.30. The molecule has 9 heteroatoms. The lowest BCUT2D eigenvalue weighted by molar-refractivity contribution is 0.102. The maximum atomic E-state index is 12.0. The number of hydrogen-bond donors (Lipinski definition) is 1. The van der Waals surface area contributed by atoms with Crippen LogP contribution in [0.1, 0.15) is 9.67 Å². The Balaban J connectivity index is 1.80. The van der Waals surface area contributed by atoms with Crippen LogP contribution in [0.25, 0.3) is 11.5 Å². The standard InChI is InChI=1S/C13H6BrCl2N3O2S/c14-10-4-3-9(22-10)11(20)17-13-19-18-12(21-13)7-2-1-6(15)5-8(7)16/h1-5H,(H,17,19,20). The third kappa shape index (κ3) is 3.33. The van der Waals surface area contributed by atoms with Crippen molar-refractivity contribution in [3.05, 3.63) is 49.0 Å². The SMILES string of the molecule is O=C(Nc1nnc(-c2ccc(Cl)cc2Cl)o1)c1ccc(Br)s1. The summed E-state index contributed by atoms with van der Waals surface area (Å²) in [5, 5.41) is 11.1. The maximum Gasteiger partial charge on any atom is 0.322 e. The summed E-state index contributed by atoms with van der Waals surface area (Å²) in [5.74, 6) is -0.127. The molecule has 0 saturated carbocycles. The molecule has 2 heterocycles. The van der Waals surface area contributed by atoms with E-state index in [0.29, 0.717) is 20.5 Å². The van der Waals surface area contributed by atoms with Crippen LogP contribution in [0.2, 0.25) is 10.0 Å². The second-order valence-electron chi connectivity index (χ2n) is 4.09. The fourth-order valence-corrected chi connectivity index (χ4v) is 3.41. The van der Waals surface area contributed by atoms with Crippen LogP contribution in [0.5, 0.6) is 0 Å². The Hall–Kier alpha value is -1.41. The molecule has 1 N–H and O–H groups in total. The highest BCUT2D eigenvalue weighted by atomic mass is 79.9. The lowest BCUT2D eigenvalue weighted by Crippen LogP contribution is -2.10. The fraction of sp³-hybridized carbons (Fsp3) is 0. The lowest BCUT2D eigenvalue weighted by atomic mass is 10.2. The minimum Gasteiger partial charge on any atom is -0.403 e. The summed E-state index contributed by atoms with van der Waals surface area (Å²) >= 11 is 16.5. The zero-order chi connectivity index (χ0) is 15.7. The van der Waals surface area contributed by atoms with E-state index in [9.17, 15) is 4.79 Å². The van der Waals surface area contributed by atoms with E-state index in [4.69, 9.17) is 27.6 Å². The first-order valence-corrected chi connectivity index (χ1v) is 8.25. The number of anilines is 1. The zero-order valence-corrected chi connectivity index (χ0v) is 14.6. The van der Waals surface area contributed by atoms with E-state index in [0.717, 1.165) is 3.79 Å². The van der Waals surface area contributed by atoms with Crippen molar-refractivity contribution in [3.8, 4) is 11.5 Å². The minimum absolute atomic E-state index is 0.00413. The Labute approximate surface area is 147 Å². The molecule has 0 atom stereocenters. The molecule has 3 aromatic rings. The van der Waals surface area contributed by atoms with Gasteiger partial charge in [0, 0.05) is 5.02 Å². The Morgan fingerprint density at radius 1 is 1.23 bits per heavy atom. The predicted octanol–water partition coefficient (Wildman–Crippen LogP) is 5.12. The van der Waals surface area contributed by atoms with Gasteiger partial charge >= 0.3 is 6.01 Å². The van der Waals surface area contributed by atoms with Gasteiger partial charge in [0.15, 0.2) is 0 Å². The van der Waals surface area contributed by atoms with Crippen LogP contribution in [0.15, 0.2) is 38.5 Å². The minimum atomic E-state index is -0.326.